The molecule has 3 rings (SSSR count). The molecule has 9 heteroatoms. The van der Waals surface area contributed by atoms with Gasteiger partial charge in [0, 0.05) is 25.7 Å². The van der Waals surface area contributed by atoms with Crippen molar-refractivity contribution in [2.24, 2.45) is 0 Å². The Bertz CT molecular complexity index is 864. The first-order chi connectivity index (χ1) is 13.9. The van der Waals surface area contributed by atoms with Gasteiger partial charge in [-0.2, -0.15) is 0 Å². The van der Waals surface area contributed by atoms with Crippen LogP contribution in [0, 0.1) is 0 Å². The maximum atomic E-state index is 12.5. The van der Waals surface area contributed by atoms with Crippen molar-refractivity contribution < 1.29 is 22.6 Å². The monoisotopic (exact) mass is 421 g/mol. The predicted molar refractivity (Wildman–Crippen MR) is 110 cm³/mol. The first kappa shape index (κ1) is 21.4. The van der Waals surface area contributed by atoms with Gasteiger partial charge < -0.3 is 14.2 Å². The number of nitrogens with zero attached hydrogens (tertiary/aromatic N) is 2. The second-order valence-electron chi connectivity index (χ2n) is 6.93. The molecule has 0 spiro atoms. The van der Waals surface area contributed by atoms with Gasteiger partial charge in [0.25, 0.3) is 10.0 Å². The van der Waals surface area contributed by atoms with E-state index in [0.29, 0.717) is 23.9 Å². The Kier molecular flexibility index (Phi) is 7.29. The van der Waals surface area contributed by atoms with E-state index in [9.17, 15) is 8.42 Å². The molecule has 0 aliphatic carbocycles. The van der Waals surface area contributed by atoms with E-state index < -0.39 is 10.0 Å². The molecule has 2 heterocycles. The number of nitrogens with one attached hydrogen (secondary N) is 1. The zero-order valence-corrected chi connectivity index (χ0v) is 17.5. The lowest BCUT2D eigenvalue weighted by atomic mass is 10.3. The van der Waals surface area contributed by atoms with Crippen LogP contribution in [0.15, 0.2) is 47.5 Å². The van der Waals surface area contributed by atoms with Crippen LogP contribution in [-0.2, 0) is 14.8 Å². The summed E-state index contributed by atoms with van der Waals surface area (Å²) in [7, 11) is -3.71. The Morgan fingerprint density at radius 2 is 1.86 bits per heavy atom. The SMILES string of the molecule is CC(C)Oc1ccc(S(=O)(=O)Nc2ccc(OCCN3CCOCC3)nc2)cc1. The van der Waals surface area contributed by atoms with Crippen molar-refractivity contribution in [2.45, 2.75) is 24.8 Å². The molecule has 1 aliphatic heterocycles. The first-order valence-electron chi connectivity index (χ1n) is 9.61. The topological polar surface area (TPSA) is 90.0 Å². The van der Waals surface area contributed by atoms with Crippen LogP contribution in [0.2, 0.25) is 0 Å². The van der Waals surface area contributed by atoms with Crippen molar-refractivity contribution in [3.63, 3.8) is 0 Å². The fourth-order valence-corrected chi connectivity index (χ4v) is 3.86. The second-order valence-corrected chi connectivity index (χ2v) is 8.61. The lowest BCUT2D eigenvalue weighted by Crippen LogP contribution is -2.38. The molecule has 1 aromatic heterocycles. The molecule has 158 valence electrons. The number of ether oxygens (including phenoxy) is 3. The summed E-state index contributed by atoms with van der Waals surface area (Å²) in [6, 6.07) is 9.57. The van der Waals surface area contributed by atoms with Crippen molar-refractivity contribution in [3.8, 4) is 11.6 Å². The summed E-state index contributed by atoms with van der Waals surface area (Å²) in [5.41, 5.74) is 0.369. The van der Waals surface area contributed by atoms with Gasteiger partial charge in [-0.3, -0.25) is 9.62 Å². The molecule has 8 nitrogen and oxygen atoms in total. The number of rotatable bonds is 9. The summed E-state index contributed by atoms with van der Waals surface area (Å²) < 4.78 is 44.1. The van der Waals surface area contributed by atoms with E-state index >= 15 is 0 Å². The van der Waals surface area contributed by atoms with Crippen molar-refractivity contribution in [1.82, 2.24) is 9.88 Å². The van der Waals surface area contributed by atoms with E-state index in [4.69, 9.17) is 14.2 Å². The van der Waals surface area contributed by atoms with Gasteiger partial charge in [0.2, 0.25) is 5.88 Å². The zero-order chi connectivity index (χ0) is 20.7. The quantitative estimate of drug-likeness (QED) is 0.665. The first-order valence-corrected chi connectivity index (χ1v) is 11.1. The molecule has 0 atom stereocenters. The van der Waals surface area contributed by atoms with Crippen LogP contribution in [0.3, 0.4) is 0 Å². The number of pyridine rings is 1. The number of morpholine rings is 1. The van der Waals surface area contributed by atoms with Crippen molar-refractivity contribution in [3.05, 3.63) is 42.6 Å². The number of benzene rings is 1. The Labute approximate surface area is 171 Å². The van der Waals surface area contributed by atoms with Crippen molar-refractivity contribution >= 4 is 15.7 Å². The summed E-state index contributed by atoms with van der Waals surface area (Å²) in [6.45, 7) is 8.45. The molecule has 0 unspecified atom stereocenters. The van der Waals surface area contributed by atoms with Crippen LogP contribution in [0.25, 0.3) is 0 Å². The standard InChI is InChI=1S/C20H27N3O5S/c1-16(2)28-18-4-6-19(7-5-18)29(24,25)22-17-3-8-20(21-15-17)27-14-11-23-9-12-26-13-10-23/h3-8,15-16,22H,9-14H2,1-2H3. The fraction of sp³-hybridized carbons (Fsp3) is 0.450. The van der Waals surface area contributed by atoms with Gasteiger partial charge in [-0.05, 0) is 44.2 Å². The maximum Gasteiger partial charge on any atom is 0.261 e. The van der Waals surface area contributed by atoms with Gasteiger partial charge in [-0.1, -0.05) is 0 Å². The Balaban J connectivity index is 1.52. The molecule has 2 aromatic rings. The average Bonchev–Trinajstić information content (AvgIpc) is 2.70. The summed E-state index contributed by atoms with van der Waals surface area (Å²) in [6.07, 6.45) is 1.47. The second kappa shape index (κ2) is 9.91. The van der Waals surface area contributed by atoms with Crippen LogP contribution in [0.4, 0.5) is 5.69 Å². The number of hydrogen-bond acceptors (Lipinski definition) is 7. The summed E-state index contributed by atoms with van der Waals surface area (Å²) >= 11 is 0. The third-order valence-electron chi connectivity index (χ3n) is 4.26. The van der Waals surface area contributed by atoms with Crippen LogP contribution in [-0.4, -0.2) is 63.9 Å². The van der Waals surface area contributed by atoms with Crippen LogP contribution in [0.1, 0.15) is 13.8 Å². The molecule has 1 N–H and O–H groups in total. The van der Waals surface area contributed by atoms with Crippen LogP contribution in [0.5, 0.6) is 11.6 Å². The van der Waals surface area contributed by atoms with Gasteiger partial charge in [0.05, 0.1) is 36.1 Å². The summed E-state index contributed by atoms with van der Waals surface area (Å²) in [5.74, 6) is 1.08. The molecule has 1 saturated heterocycles. The highest BCUT2D eigenvalue weighted by Gasteiger charge is 2.15. The van der Waals surface area contributed by atoms with Crippen LogP contribution >= 0.6 is 0 Å². The third kappa shape index (κ3) is 6.59. The minimum absolute atomic E-state index is 0.0243. The highest BCUT2D eigenvalue weighted by molar-refractivity contribution is 7.92. The molecule has 0 radical (unpaired) electrons. The van der Waals surface area contributed by atoms with Gasteiger partial charge in [0.15, 0.2) is 0 Å². The summed E-state index contributed by atoms with van der Waals surface area (Å²) in [4.78, 5) is 6.59. The lowest BCUT2D eigenvalue weighted by Gasteiger charge is -2.26. The van der Waals surface area contributed by atoms with Gasteiger partial charge in [0.1, 0.15) is 12.4 Å². The number of hydrogen-bond donors (Lipinski definition) is 1. The van der Waals surface area contributed by atoms with E-state index in [2.05, 4.69) is 14.6 Å². The molecule has 29 heavy (non-hydrogen) atoms. The molecule has 0 bridgehead atoms. The minimum atomic E-state index is -3.71. The van der Waals surface area contributed by atoms with E-state index in [0.717, 1.165) is 32.8 Å². The Morgan fingerprint density at radius 3 is 2.48 bits per heavy atom. The van der Waals surface area contributed by atoms with Gasteiger partial charge in [-0.25, -0.2) is 13.4 Å². The number of aromatic nitrogens is 1. The Hall–Kier alpha value is -2.36. The smallest absolute Gasteiger partial charge is 0.261 e. The van der Waals surface area contributed by atoms with E-state index in [1.807, 2.05) is 13.8 Å². The molecular weight excluding hydrogens is 394 g/mol. The van der Waals surface area contributed by atoms with E-state index in [1.165, 1.54) is 18.3 Å². The molecule has 1 aromatic carbocycles. The highest BCUT2D eigenvalue weighted by atomic mass is 32.2. The molecule has 0 amide bonds. The predicted octanol–water partition coefficient (Wildman–Crippen LogP) is 2.38. The van der Waals surface area contributed by atoms with Crippen LogP contribution < -0.4 is 14.2 Å². The highest BCUT2D eigenvalue weighted by Crippen LogP contribution is 2.20. The molecule has 1 fully saturated rings. The molecule has 1 aliphatic rings. The maximum absolute atomic E-state index is 12.5. The van der Waals surface area contributed by atoms with Crippen molar-refractivity contribution in [2.75, 3.05) is 44.2 Å². The minimum Gasteiger partial charge on any atom is -0.491 e. The van der Waals surface area contributed by atoms with Gasteiger partial charge in [-0.15, -0.1) is 0 Å². The molecular formula is C20H27N3O5S. The average molecular weight is 422 g/mol. The normalized spacial score (nSPS) is 15.3. The van der Waals surface area contributed by atoms with Crippen molar-refractivity contribution in [1.29, 1.82) is 0 Å². The largest absolute Gasteiger partial charge is 0.491 e. The molecule has 0 saturated carbocycles. The van der Waals surface area contributed by atoms with E-state index in [-0.39, 0.29) is 11.0 Å². The number of sulfonamides is 1. The van der Waals surface area contributed by atoms with Gasteiger partial charge >= 0.3 is 0 Å². The third-order valence-corrected chi connectivity index (χ3v) is 5.65. The Morgan fingerprint density at radius 1 is 1.14 bits per heavy atom. The summed E-state index contributed by atoms with van der Waals surface area (Å²) in [5, 5.41) is 0. The lowest BCUT2D eigenvalue weighted by molar-refractivity contribution is 0.0320. The van der Waals surface area contributed by atoms with E-state index in [1.54, 1.807) is 24.3 Å². The number of anilines is 1. The zero-order valence-electron chi connectivity index (χ0n) is 16.7. The fourth-order valence-electron chi connectivity index (χ4n) is 2.81.